The van der Waals surface area contributed by atoms with Crippen molar-refractivity contribution in [2.75, 3.05) is 19.8 Å². The van der Waals surface area contributed by atoms with Gasteiger partial charge in [-0.3, -0.25) is 4.79 Å². The average Bonchev–Trinajstić information content (AvgIpc) is 2.41. The molecular weight excluding hydrogens is 230 g/mol. The number of rotatable bonds is 3. The van der Waals surface area contributed by atoms with Crippen LogP contribution < -0.4 is 5.32 Å². The zero-order chi connectivity index (χ0) is 13.0. The van der Waals surface area contributed by atoms with Crippen LogP contribution in [0.25, 0.3) is 0 Å². The monoisotopic (exact) mass is 255 g/mol. The van der Waals surface area contributed by atoms with Crippen molar-refractivity contribution in [3.8, 4) is 0 Å². The summed E-state index contributed by atoms with van der Waals surface area (Å²) in [4.78, 5) is 11.9. The summed E-state index contributed by atoms with van der Waals surface area (Å²) in [7, 11) is 0. The van der Waals surface area contributed by atoms with Crippen molar-refractivity contribution in [3.05, 3.63) is 0 Å². The van der Waals surface area contributed by atoms with Gasteiger partial charge in [0.25, 0.3) is 0 Å². The Balaban J connectivity index is 1.74. The van der Waals surface area contributed by atoms with E-state index in [-0.39, 0.29) is 11.8 Å². The molecule has 2 aliphatic rings. The van der Waals surface area contributed by atoms with E-state index in [0.29, 0.717) is 19.1 Å². The lowest BCUT2D eigenvalue weighted by Gasteiger charge is -2.35. The highest BCUT2D eigenvalue weighted by atomic mass is 16.5. The van der Waals surface area contributed by atoms with Crippen LogP contribution >= 0.6 is 0 Å². The number of amides is 1. The summed E-state index contributed by atoms with van der Waals surface area (Å²) in [6.45, 7) is 3.92. The largest absolute Gasteiger partial charge is 0.388 e. The Morgan fingerprint density at radius 2 is 2.11 bits per heavy atom. The summed E-state index contributed by atoms with van der Waals surface area (Å²) in [5, 5.41) is 13.3. The Morgan fingerprint density at radius 1 is 1.39 bits per heavy atom. The molecule has 0 spiro atoms. The minimum absolute atomic E-state index is 0.0233. The molecule has 1 saturated carbocycles. The van der Waals surface area contributed by atoms with E-state index < -0.39 is 5.60 Å². The Hall–Kier alpha value is -0.610. The molecule has 0 aromatic rings. The van der Waals surface area contributed by atoms with Crippen molar-refractivity contribution in [3.63, 3.8) is 0 Å². The molecule has 2 N–H and O–H groups in total. The van der Waals surface area contributed by atoms with Gasteiger partial charge in [0.15, 0.2) is 0 Å². The van der Waals surface area contributed by atoms with Crippen LogP contribution in [0.15, 0.2) is 0 Å². The topological polar surface area (TPSA) is 58.6 Å². The summed E-state index contributed by atoms with van der Waals surface area (Å²) in [6.07, 6.45) is 5.57. The number of carbonyl (C=O) groups excluding carboxylic acids is 1. The maximum absolute atomic E-state index is 11.9. The van der Waals surface area contributed by atoms with E-state index in [1.165, 1.54) is 0 Å². The number of carbonyl (C=O) groups is 1. The molecule has 18 heavy (non-hydrogen) atoms. The van der Waals surface area contributed by atoms with Gasteiger partial charge in [0.05, 0.1) is 18.1 Å². The molecule has 2 fully saturated rings. The molecule has 4 heteroatoms. The molecule has 1 heterocycles. The summed E-state index contributed by atoms with van der Waals surface area (Å²) in [5.41, 5.74) is -0.683. The summed E-state index contributed by atoms with van der Waals surface area (Å²) < 4.78 is 5.31. The SMILES string of the molecule is CC1CCC(O)(CNC(=O)C2CCCOC2)CC1. The van der Waals surface area contributed by atoms with Crippen molar-refractivity contribution < 1.29 is 14.6 Å². The van der Waals surface area contributed by atoms with Crippen molar-refractivity contribution in [1.82, 2.24) is 5.32 Å². The number of hydrogen-bond donors (Lipinski definition) is 2. The Kier molecular flexibility index (Phi) is 4.62. The van der Waals surface area contributed by atoms with Gasteiger partial charge in [-0.1, -0.05) is 6.92 Å². The fourth-order valence-corrected chi connectivity index (χ4v) is 2.82. The van der Waals surface area contributed by atoms with E-state index in [1.54, 1.807) is 0 Å². The number of hydrogen-bond acceptors (Lipinski definition) is 3. The molecule has 1 unspecified atom stereocenters. The maximum atomic E-state index is 11.9. The van der Waals surface area contributed by atoms with E-state index in [1.807, 2.05) is 0 Å². The van der Waals surface area contributed by atoms with Crippen LogP contribution in [0.3, 0.4) is 0 Å². The quantitative estimate of drug-likeness (QED) is 0.803. The molecule has 4 nitrogen and oxygen atoms in total. The van der Waals surface area contributed by atoms with Crippen molar-refractivity contribution in [2.45, 2.75) is 51.0 Å². The Labute approximate surface area is 109 Å². The number of nitrogens with one attached hydrogen (secondary N) is 1. The molecular formula is C14H25NO3. The van der Waals surface area contributed by atoms with E-state index in [9.17, 15) is 9.90 Å². The van der Waals surface area contributed by atoms with E-state index in [2.05, 4.69) is 12.2 Å². The third-order valence-corrected chi connectivity index (χ3v) is 4.33. The zero-order valence-corrected chi connectivity index (χ0v) is 11.3. The first kappa shape index (κ1) is 13.8. The van der Waals surface area contributed by atoms with E-state index >= 15 is 0 Å². The predicted molar refractivity (Wildman–Crippen MR) is 69.1 cm³/mol. The van der Waals surface area contributed by atoms with Crippen LogP contribution in [0.1, 0.15) is 45.4 Å². The number of aliphatic hydroxyl groups is 1. The lowest BCUT2D eigenvalue weighted by Crippen LogP contribution is -2.47. The van der Waals surface area contributed by atoms with Gasteiger partial charge in [-0.15, -0.1) is 0 Å². The molecule has 1 amide bonds. The predicted octanol–water partition coefficient (Wildman–Crippen LogP) is 1.47. The standard InChI is InChI=1S/C14H25NO3/c1-11-4-6-14(17,7-5-11)10-15-13(16)12-3-2-8-18-9-12/h11-12,17H,2-10H2,1H3,(H,15,16). The van der Waals surface area contributed by atoms with Gasteiger partial charge in [0.1, 0.15) is 0 Å². The second-order valence-corrected chi connectivity index (χ2v) is 6.04. The Bertz CT molecular complexity index is 279. The fraction of sp³-hybridized carbons (Fsp3) is 0.929. The van der Waals surface area contributed by atoms with Gasteiger partial charge in [0, 0.05) is 13.2 Å². The van der Waals surface area contributed by atoms with Gasteiger partial charge >= 0.3 is 0 Å². The molecule has 0 aromatic carbocycles. The molecule has 2 rings (SSSR count). The number of ether oxygens (including phenoxy) is 1. The molecule has 0 aromatic heterocycles. The third-order valence-electron chi connectivity index (χ3n) is 4.33. The molecule has 1 aliphatic heterocycles. The van der Waals surface area contributed by atoms with Gasteiger partial charge in [0.2, 0.25) is 5.91 Å². The first-order chi connectivity index (χ1) is 8.59. The molecule has 1 aliphatic carbocycles. The average molecular weight is 255 g/mol. The summed E-state index contributed by atoms with van der Waals surface area (Å²) >= 11 is 0. The minimum atomic E-state index is -0.683. The molecule has 0 radical (unpaired) electrons. The summed E-state index contributed by atoms with van der Waals surface area (Å²) in [5.74, 6) is 0.722. The highest BCUT2D eigenvalue weighted by Crippen LogP contribution is 2.31. The Morgan fingerprint density at radius 3 is 2.72 bits per heavy atom. The van der Waals surface area contributed by atoms with Crippen LogP contribution in [0.4, 0.5) is 0 Å². The van der Waals surface area contributed by atoms with Gasteiger partial charge in [-0.05, 0) is 44.4 Å². The van der Waals surface area contributed by atoms with Crippen LogP contribution in [-0.4, -0.2) is 36.4 Å². The normalized spacial score (nSPS) is 37.2. The lowest BCUT2D eigenvalue weighted by atomic mass is 9.79. The first-order valence-corrected chi connectivity index (χ1v) is 7.17. The first-order valence-electron chi connectivity index (χ1n) is 7.17. The van der Waals surface area contributed by atoms with Crippen molar-refractivity contribution in [1.29, 1.82) is 0 Å². The zero-order valence-electron chi connectivity index (χ0n) is 11.3. The van der Waals surface area contributed by atoms with Crippen LogP contribution in [0.5, 0.6) is 0 Å². The van der Waals surface area contributed by atoms with Crippen LogP contribution in [0, 0.1) is 11.8 Å². The maximum Gasteiger partial charge on any atom is 0.225 e. The van der Waals surface area contributed by atoms with Gasteiger partial charge in [-0.25, -0.2) is 0 Å². The van der Waals surface area contributed by atoms with Crippen LogP contribution in [0.2, 0.25) is 0 Å². The fourth-order valence-electron chi connectivity index (χ4n) is 2.82. The highest BCUT2D eigenvalue weighted by Gasteiger charge is 2.33. The van der Waals surface area contributed by atoms with E-state index in [4.69, 9.17) is 4.74 Å². The second-order valence-electron chi connectivity index (χ2n) is 6.04. The molecule has 1 atom stereocenters. The van der Waals surface area contributed by atoms with Crippen molar-refractivity contribution >= 4 is 5.91 Å². The van der Waals surface area contributed by atoms with Crippen LogP contribution in [-0.2, 0) is 9.53 Å². The summed E-state index contributed by atoms with van der Waals surface area (Å²) in [6, 6.07) is 0. The molecule has 1 saturated heterocycles. The van der Waals surface area contributed by atoms with Crippen molar-refractivity contribution in [2.24, 2.45) is 11.8 Å². The minimum Gasteiger partial charge on any atom is -0.388 e. The molecule has 104 valence electrons. The highest BCUT2D eigenvalue weighted by molar-refractivity contribution is 5.78. The second kappa shape index (κ2) is 6.02. The third kappa shape index (κ3) is 3.69. The molecule has 0 bridgehead atoms. The van der Waals surface area contributed by atoms with Gasteiger partial charge < -0.3 is 15.2 Å². The van der Waals surface area contributed by atoms with E-state index in [0.717, 1.165) is 45.1 Å². The smallest absolute Gasteiger partial charge is 0.225 e. The van der Waals surface area contributed by atoms with Gasteiger partial charge in [-0.2, -0.15) is 0 Å². The lowest BCUT2D eigenvalue weighted by molar-refractivity contribution is -0.130.